The average Bonchev–Trinajstić information content (AvgIpc) is 2.26. The maximum Gasteiger partial charge on any atom is 0.417 e. The van der Waals surface area contributed by atoms with E-state index >= 15 is 0 Å². The predicted molar refractivity (Wildman–Crippen MR) is 59.6 cm³/mol. The highest BCUT2D eigenvalue weighted by molar-refractivity contribution is 7.86. The fraction of sp³-hybridized carbons (Fsp3) is 0.455. The number of rotatable bonds is 4. The van der Waals surface area contributed by atoms with Crippen LogP contribution in [-0.4, -0.2) is 15.0 Å². The van der Waals surface area contributed by atoms with Crippen molar-refractivity contribution in [3.63, 3.8) is 0 Å². The topological polar surface area (TPSA) is 43.4 Å². The van der Waals surface area contributed by atoms with Gasteiger partial charge in [-0.15, -0.1) is 0 Å². The molecule has 0 saturated heterocycles. The summed E-state index contributed by atoms with van der Waals surface area (Å²) in [5.41, 5.74) is -1.09. The summed E-state index contributed by atoms with van der Waals surface area (Å²) in [7, 11) is -4.39. The molecule has 0 heterocycles. The van der Waals surface area contributed by atoms with E-state index in [4.69, 9.17) is 0 Å². The van der Waals surface area contributed by atoms with E-state index in [9.17, 15) is 21.6 Å². The van der Waals surface area contributed by atoms with Gasteiger partial charge in [-0.05, 0) is 25.0 Å². The number of aryl methyl sites for hydroxylation is 1. The minimum absolute atomic E-state index is 0.0956. The molecular formula is C11H13F3O3S. The van der Waals surface area contributed by atoms with Gasteiger partial charge in [0.1, 0.15) is 4.90 Å². The third kappa shape index (κ3) is 3.02. The standard InChI is InChI=1S/C11H13F3O3S/c1-3-8-6-5-7-9(11(12,13)14)10(8)18(15,16)17-4-2/h5-7H,3-4H2,1-2H3. The summed E-state index contributed by atoms with van der Waals surface area (Å²) >= 11 is 0. The van der Waals surface area contributed by atoms with Crippen molar-refractivity contribution >= 4 is 10.1 Å². The number of halogens is 3. The Morgan fingerprint density at radius 1 is 1.22 bits per heavy atom. The predicted octanol–water partition coefficient (Wildman–Crippen LogP) is 2.99. The van der Waals surface area contributed by atoms with Crippen LogP contribution in [0, 0.1) is 0 Å². The summed E-state index contributed by atoms with van der Waals surface area (Å²) in [5.74, 6) is 0. The third-order valence-electron chi connectivity index (χ3n) is 2.31. The molecule has 18 heavy (non-hydrogen) atoms. The highest BCUT2D eigenvalue weighted by Crippen LogP contribution is 2.36. The van der Waals surface area contributed by atoms with Crippen LogP contribution in [0.4, 0.5) is 13.2 Å². The summed E-state index contributed by atoms with van der Waals surface area (Å²) in [5, 5.41) is 0. The summed E-state index contributed by atoms with van der Waals surface area (Å²) in [6.07, 6.45) is -4.56. The summed E-state index contributed by atoms with van der Waals surface area (Å²) in [6, 6.07) is 3.28. The molecule has 0 aromatic heterocycles. The van der Waals surface area contributed by atoms with Gasteiger partial charge >= 0.3 is 6.18 Å². The molecule has 0 aliphatic carbocycles. The Morgan fingerprint density at radius 3 is 2.28 bits per heavy atom. The van der Waals surface area contributed by atoms with Gasteiger partial charge in [0, 0.05) is 0 Å². The van der Waals surface area contributed by atoms with Gasteiger partial charge < -0.3 is 0 Å². The maximum absolute atomic E-state index is 12.8. The Balaban J connectivity index is 3.58. The maximum atomic E-state index is 12.8. The van der Waals surface area contributed by atoms with Crippen LogP contribution in [0.25, 0.3) is 0 Å². The van der Waals surface area contributed by atoms with Crippen LogP contribution in [0.5, 0.6) is 0 Å². The molecule has 0 fully saturated rings. The van der Waals surface area contributed by atoms with Gasteiger partial charge in [0.15, 0.2) is 0 Å². The lowest BCUT2D eigenvalue weighted by Gasteiger charge is -2.15. The van der Waals surface area contributed by atoms with E-state index in [2.05, 4.69) is 4.18 Å². The molecule has 0 aliphatic rings. The molecule has 0 radical (unpaired) electrons. The van der Waals surface area contributed by atoms with Crippen LogP contribution < -0.4 is 0 Å². The van der Waals surface area contributed by atoms with Crippen LogP contribution in [0.15, 0.2) is 23.1 Å². The lowest BCUT2D eigenvalue weighted by atomic mass is 10.1. The quantitative estimate of drug-likeness (QED) is 0.797. The fourth-order valence-corrected chi connectivity index (χ4v) is 3.01. The molecule has 0 amide bonds. The van der Waals surface area contributed by atoms with Gasteiger partial charge in [-0.1, -0.05) is 19.1 Å². The van der Waals surface area contributed by atoms with Gasteiger partial charge in [-0.2, -0.15) is 21.6 Å². The molecule has 102 valence electrons. The first-order chi connectivity index (χ1) is 8.24. The van der Waals surface area contributed by atoms with E-state index in [0.29, 0.717) is 0 Å². The van der Waals surface area contributed by atoms with Gasteiger partial charge in [-0.3, -0.25) is 4.18 Å². The van der Waals surface area contributed by atoms with Crippen molar-refractivity contribution in [2.24, 2.45) is 0 Å². The number of alkyl halides is 3. The van der Waals surface area contributed by atoms with Gasteiger partial charge in [0.2, 0.25) is 0 Å². The summed E-state index contributed by atoms with van der Waals surface area (Å²) in [4.78, 5) is -0.776. The molecule has 0 spiro atoms. The average molecular weight is 282 g/mol. The number of benzene rings is 1. The molecule has 0 aliphatic heterocycles. The van der Waals surface area contributed by atoms with Gasteiger partial charge in [0.25, 0.3) is 10.1 Å². The largest absolute Gasteiger partial charge is 0.417 e. The second-order valence-electron chi connectivity index (χ2n) is 3.51. The molecule has 1 aromatic carbocycles. The lowest BCUT2D eigenvalue weighted by Crippen LogP contribution is -2.17. The fourth-order valence-electron chi connectivity index (χ4n) is 1.60. The van der Waals surface area contributed by atoms with Crippen molar-refractivity contribution in [1.82, 2.24) is 0 Å². The lowest BCUT2D eigenvalue weighted by molar-refractivity contribution is -0.140. The van der Waals surface area contributed by atoms with Crippen molar-refractivity contribution in [2.45, 2.75) is 31.3 Å². The molecule has 1 rings (SSSR count). The van der Waals surface area contributed by atoms with Crippen molar-refractivity contribution < 1.29 is 25.8 Å². The molecular weight excluding hydrogens is 269 g/mol. The second kappa shape index (κ2) is 5.27. The Labute approximate surface area is 104 Å². The van der Waals surface area contributed by atoms with Crippen molar-refractivity contribution in [2.75, 3.05) is 6.61 Å². The van der Waals surface area contributed by atoms with Crippen LogP contribution in [-0.2, 0) is 26.9 Å². The normalized spacial score (nSPS) is 12.7. The second-order valence-corrected chi connectivity index (χ2v) is 5.06. The zero-order valence-electron chi connectivity index (χ0n) is 9.91. The zero-order chi connectivity index (χ0) is 14.0. The Bertz CT molecular complexity index is 521. The molecule has 7 heteroatoms. The van der Waals surface area contributed by atoms with Crippen LogP contribution >= 0.6 is 0 Å². The summed E-state index contributed by atoms with van der Waals surface area (Å²) < 4.78 is 66.4. The van der Waals surface area contributed by atoms with E-state index < -0.39 is 26.8 Å². The first-order valence-electron chi connectivity index (χ1n) is 5.32. The van der Waals surface area contributed by atoms with Crippen molar-refractivity contribution in [3.8, 4) is 0 Å². The van der Waals surface area contributed by atoms with Gasteiger partial charge in [-0.25, -0.2) is 0 Å². The van der Waals surface area contributed by atoms with Crippen molar-refractivity contribution in [3.05, 3.63) is 29.3 Å². The Morgan fingerprint density at radius 2 is 1.83 bits per heavy atom. The Hall–Kier alpha value is -1.08. The molecule has 0 atom stereocenters. The highest BCUT2D eigenvalue weighted by atomic mass is 32.2. The van der Waals surface area contributed by atoms with E-state index in [1.165, 1.54) is 19.1 Å². The molecule has 0 unspecified atom stereocenters. The number of hydrogen-bond acceptors (Lipinski definition) is 3. The zero-order valence-corrected chi connectivity index (χ0v) is 10.7. The Kier molecular flexibility index (Phi) is 4.39. The molecule has 0 saturated carbocycles. The van der Waals surface area contributed by atoms with Gasteiger partial charge in [0.05, 0.1) is 12.2 Å². The monoisotopic (exact) mass is 282 g/mol. The minimum Gasteiger partial charge on any atom is -0.267 e. The first-order valence-corrected chi connectivity index (χ1v) is 6.73. The molecule has 0 bridgehead atoms. The third-order valence-corrected chi connectivity index (χ3v) is 3.83. The smallest absolute Gasteiger partial charge is 0.267 e. The molecule has 3 nitrogen and oxygen atoms in total. The van der Waals surface area contributed by atoms with E-state index in [0.717, 1.165) is 6.07 Å². The van der Waals surface area contributed by atoms with E-state index in [1.807, 2.05) is 0 Å². The highest BCUT2D eigenvalue weighted by Gasteiger charge is 2.38. The summed E-state index contributed by atoms with van der Waals surface area (Å²) in [6.45, 7) is 2.78. The SMILES string of the molecule is CCOS(=O)(=O)c1c(CC)cccc1C(F)(F)F. The van der Waals surface area contributed by atoms with Crippen LogP contribution in [0.2, 0.25) is 0 Å². The first kappa shape index (κ1) is 15.0. The number of hydrogen-bond donors (Lipinski definition) is 0. The van der Waals surface area contributed by atoms with E-state index in [-0.39, 0.29) is 18.6 Å². The molecule has 1 aromatic rings. The van der Waals surface area contributed by atoms with E-state index in [1.54, 1.807) is 6.92 Å². The minimum atomic E-state index is -4.73. The van der Waals surface area contributed by atoms with Crippen LogP contribution in [0.3, 0.4) is 0 Å². The van der Waals surface area contributed by atoms with Crippen molar-refractivity contribution in [1.29, 1.82) is 0 Å². The molecule has 0 N–H and O–H groups in total. The van der Waals surface area contributed by atoms with Crippen LogP contribution in [0.1, 0.15) is 25.0 Å².